The molecule has 33 heavy (non-hydrogen) atoms. The van der Waals surface area contributed by atoms with Gasteiger partial charge >= 0.3 is 0 Å². The summed E-state index contributed by atoms with van der Waals surface area (Å²) in [6.07, 6.45) is 6.92. The molecule has 0 atom stereocenters. The second-order valence-corrected chi connectivity index (χ2v) is 10.0. The van der Waals surface area contributed by atoms with Crippen molar-refractivity contribution in [3.8, 4) is 11.3 Å². The molecule has 0 spiro atoms. The molecule has 1 aliphatic rings. The van der Waals surface area contributed by atoms with Crippen LogP contribution in [0.3, 0.4) is 0 Å². The van der Waals surface area contributed by atoms with Crippen LogP contribution in [0.15, 0.2) is 42.6 Å². The minimum Gasteiger partial charge on any atom is -0.352 e. The summed E-state index contributed by atoms with van der Waals surface area (Å²) in [4.78, 5) is 20.8. The molecule has 0 bridgehead atoms. The van der Waals surface area contributed by atoms with Crippen molar-refractivity contribution < 1.29 is 4.79 Å². The molecule has 5 rings (SSSR count). The molecule has 2 aromatic heterocycles. The van der Waals surface area contributed by atoms with Gasteiger partial charge in [-0.1, -0.05) is 41.5 Å². The zero-order valence-electron chi connectivity index (χ0n) is 18.5. The van der Waals surface area contributed by atoms with Gasteiger partial charge in [0.05, 0.1) is 20.9 Å². The van der Waals surface area contributed by atoms with Crippen LogP contribution in [0.4, 0.5) is 0 Å². The Labute approximate surface area is 202 Å². The Kier molecular flexibility index (Phi) is 6.64. The molecule has 3 heterocycles. The quantitative estimate of drug-likeness (QED) is 0.367. The number of hydrogen-bond donors (Lipinski definition) is 2. The Bertz CT molecular complexity index is 1290. The second-order valence-electron chi connectivity index (χ2n) is 8.59. The van der Waals surface area contributed by atoms with Gasteiger partial charge in [0.25, 0.3) is 5.91 Å². The number of carbonyl (C=O) groups is 1. The molecule has 8 heteroatoms. The molecule has 1 aliphatic heterocycles. The van der Waals surface area contributed by atoms with Crippen LogP contribution in [0.1, 0.15) is 41.6 Å². The third-order valence-electron chi connectivity index (χ3n) is 6.29. The van der Waals surface area contributed by atoms with Crippen molar-refractivity contribution in [1.29, 1.82) is 0 Å². The highest BCUT2D eigenvalue weighted by atomic mass is 35.5. The number of benzene rings is 2. The molecule has 1 amide bonds. The van der Waals surface area contributed by atoms with E-state index < -0.39 is 0 Å². The number of nitrogens with one attached hydrogen (secondary N) is 1. The number of likely N-dealkylation sites (tertiary alicyclic amines) is 1. The molecule has 3 N–H and O–H groups in total. The van der Waals surface area contributed by atoms with Crippen LogP contribution < -0.4 is 11.1 Å². The summed E-state index contributed by atoms with van der Waals surface area (Å²) in [7, 11) is 0. The standard InChI is InChI=1S/C25H28ClN5OS/c26-20-13-17(15-27)5-7-19(20)21-16-31-22-8-6-18(14-23(22)33-25(31)29-21)24(32)28-9-4-12-30-10-2-1-3-11-30/h5-8,13-14,16H,1-4,9-12,15,27H2,(H,28,32). The molecule has 0 unspecified atom stereocenters. The summed E-state index contributed by atoms with van der Waals surface area (Å²) in [5.41, 5.74) is 10.1. The van der Waals surface area contributed by atoms with E-state index in [2.05, 4.69) is 14.6 Å². The Morgan fingerprint density at radius 1 is 1.15 bits per heavy atom. The number of fused-ring (bicyclic) bond motifs is 3. The first-order valence-corrected chi connectivity index (χ1v) is 12.7. The maximum atomic E-state index is 12.7. The molecule has 1 saturated heterocycles. The number of thiazole rings is 1. The molecule has 6 nitrogen and oxygen atoms in total. The van der Waals surface area contributed by atoms with Crippen molar-refractivity contribution in [2.24, 2.45) is 5.73 Å². The number of amides is 1. The van der Waals surface area contributed by atoms with Crippen molar-refractivity contribution >= 4 is 44.0 Å². The van der Waals surface area contributed by atoms with Crippen LogP contribution in [0.5, 0.6) is 0 Å². The minimum absolute atomic E-state index is 0.0194. The molecule has 172 valence electrons. The average Bonchev–Trinajstić information content (AvgIpc) is 3.39. The fourth-order valence-corrected chi connectivity index (χ4v) is 5.80. The topological polar surface area (TPSA) is 75.7 Å². The van der Waals surface area contributed by atoms with Crippen LogP contribution in [0.25, 0.3) is 26.4 Å². The lowest BCUT2D eigenvalue weighted by Gasteiger charge is -2.26. The molecular weight excluding hydrogens is 454 g/mol. The van der Waals surface area contributed by atoms with Gasteiger partial charge in [0.1, 0.15) is 0 Å². The number of piperidine rings is 1. The smallest absolute Gasteiger partial charge is 0.251 e. The first-order valence-electron chi connectivity index (χ1n) is 11.5. The van der Waals surface area contributed by atoms with E-state index in [-0.39, 0.29) is 5.91 Å². The van der Waals surface area contributed by atoms with E-state index in [0.29, 0.717) is 23.7 Å². The predicted octanol–water partition coefficient (Wildman–Crippen LogP) is 4.93. The van der Waals surface area contributed by atoms with Gasteiger partial charge in [-0.25, -0.2) is 4.98 Å². The minimum atomic E-state index is -0.0194. The average molecular weight is 482 g/mol. The summed E-state index contributed by atoms with van der Waals surface area (Å²) in [6, 6.07) is 11.7. The largest absolute Gasteiger partial charge is 0.352 e. The van der Waals surface area contributed by atoms with Crippen molar-refractivity contribution in [2.45, 2.75) is 32.2 Å². The summed E-state index contributed by atoms with van der Waals surface area (Å²) in [5, 5.41) is 3.72. The third-order valence-corrected chi connectivity index (χ3v) is 7.62. The van der Waals surface area contributed by atoms with Crippen molar-refractivity contribution in [3.05, 3.63) is 58.7 Å². The summed E-state index contributed by atoms with van der Waals surface area (Å²) in [5.74, 6) is -0.0194. The molecule has 0 aliphatic carbocycles. The van der Waals surface area contributed by atoms with Gasteiger partial charge in [0, 0.05) is 30.4 Å². The van der Waals surface area contributed by atoms with E-state index in [0.717, 1.165) is 45.0 Å². The highest BCUT2D eigenvalue weighted by Crippen LogP contribution is 2.33. The van der Waals surface area contributed by atoms with Crippen LogP contribution in [-0.4, -0.2) is 46.4 Å². The predicted molar refractivity (Wildman–Crippen MR) is 136 cm³/mol. The zero-order valence-corrected chi connectivity index (χ0v) is 20.1. The SMILES string of the molecule is NCc1ccc(-c2cn3c(n2)sc2cc(C(=O)NCCCN4CCCCC4)ccc23)c(Cl)c1. The first kappa shape index (κ1) is 22.3. The molecular formula is C25H28ClN5OS. The molecule has 0 radical (unpaired) electrons. The van der Waals surface area contributed by atoms with Crippen molar-refractivity contribution in [1.82, 2.24) is 19.6 Å². The Hall–Kier alpha value is -2.45. The van der Waals surface area contributed by atoms with Crippen molar-refractivity contribution in [3.63, 3.8) is 0 Å². The number of halogens is 1. The number of carbonyl (C=O) groups excluding carboxylic acids is 1. The first-order chi connectivity index (χ1) is 16.1. The summed E-state index contributed by atoms with van der Waals surface area (Å²) in [6.45, 7) is 4.60. The highest BCUT2D eigenvalue weighted by molar-refractivity contribution is 7.23. The number of imidazole rings is 1. The van der Waals surface area contributed by atoms with Gasteiger partial charge in [-0.05, 0) is 68.7 Å². The summed E-state index contributed by atoms with van der Waals surface area (Å²) >= 11 is 8.03. The fourth-order valence-electron chi connectivity index (χ4n) is 4.46. The van der Waals surface area contributed by atoms with E-state index in [1.54, 1.807) is 11.3 Å². The molecule has 1 fully saturated rings. The molecule has 4 aromatic rings. The number of nitrogens with zero attached hydrogens (tertiary/aromatic N) is 3. The lowest BCUT2D eigenvalue weighted by Crippen LogP contribution is -2.33. The lowest BCUT2D eigenvalue weighted by atomic mass is 10.1. The van der Waals surface area contributed by atoms with Crippen LogP contribution in [-0.2, 0) is 6.54 Å². The zero-order chi connectivity index (χ0) is 22.8. The van der Waals surface area contributed by atoms with Gasteiger partial charge in [-0.2, -0.15) is 0 Å². The number of hydrogen-bond acceptors (Lipinski definition) is 5. The number of rotatable bonds is 7. The van der Waals surface area contributed by atoms with Gasteiger partial charge in [0.15, 0.2) is 4.96 Å². The van der Waals surface area contributed by atoms with Crippen molar-refractivity contribution in [2.75, 3.05) is 26.2 Å². The van der Waals surface area contributed by atoms with Crippen LogP contribution in [0.2, 0.25) is 5.02 Å². The van der Waals surface area contributed by atoms with Crippen LogP contribution in [0, 0.1) is 0 Å². The maximum absolute atomic E-state index is 12.7. The van der Waals surface area contributed by atoms with Crippen LogP contribution >= 0.6 is 22.9 Å². The van der Waals surface area contributed by atoms with Gasteiger partial charge in [0.2, 0.25) is 0 Å². The monoisotopic (exact) mass is 481 g/mol. The van der Waals surface area contributed by atoms with E-state index in [1.165, 1.54) is 32.4 Å². The van der Waals surface area contributed by atoms with E-state index in [1.807, 2.05) is 42.6 Å². The van der Waals surface area contributed by atoms with E-state index in [9.17, 15) is 4.79 Å². The lowest BCUT2D eigenvalue weighted by molar-refractivity contribution is 0.0951. The summed E-state index contributed by atoms with van der Waals surface area (Å²) < 4.78 is 3.10. The van der Waals surface area contributed by atoms with Gasteiger partial charge in [-0.15, -0.1) is 0 Å². The van der Waals surface area contributed by atoms with E-state index in [4.69, 9.17) is 22.3 Å². The highest BCUT2D eigenvalue weighted by Gasteiger charge is 2.15. The Morgan fingerprint density at radius 3 is 2.79 bits per heavy atom. The normalized spacial score (nSPS) is 14.8. The van der Waals surface area contributed by atoms with E-state index >= 15 is 0 Å². The van der Waals surface area contributed by atoms with Gasteiger partial charge < -0.3 is 16.0 Å². The Balaban J connectivity index is 1.28. The maximum Gasteiger partial charge on any atom is 0.251 e. The number of aromatic nitrogens is 2. The van der Waals surface area contributed by atoms with Gasteiger partial charge in [-0.3, -0.25) is 9.20 Å². The molecule has 2 aromatic carbocycles. The molecule has 0 saturated carbocycles. The number of nitrogens with two attached hydrogens (primary N) is 1. The second kappa shape index (κ2) is 9.81. The third kappa shape index (κ3) is 4.77. The Morgan fingerprint density at radius 2 is 2.00 bits per heavy atom. The fraction of sp³-hybridized carbons (Fsp3) is 0.360.